The molecule has 0 radical (unpaired) electrons. The molecule has 4 atom stereocenters. The molecule has 1 heterocycles. The normalized spacial score (nSPS) is 24.3. The van der Waals surface area contributed by atoms with Gasteiger partial charge in [-0.15, -0.1) is 0 Å². The third kappa shape index (κ3) is 8.32. The first-order valence-electron chi connectivity index (χ1n) is 13.7. The van der Waals surface area contributed by atoms with Crippen molar-refractivity contribution in [2.24, 2.45) is 29.6 Å². The maximum Gasteiger partial charge on any atom is 0.233 e. The first kappa shape index (κ1) is 29.7. The summed E-state index contributed by atoms with van der Waals surface area (Å²) in [6, 6.07) is 0. The molecule has 37 heavy (non-hydrogen) atoms. The number of carbonyl (C=O) groups is 3. The Labute approximate surface area is 220 Å². The highest BCUT2D eigenvalue weighted by Crippen LogP contribution is 2.56. The van der Waals surface area contributed by atoms with Crippen LogP contribution in [0.25, 0.3) is 0 Å². The molecule has 3 amide bonds. The molecule has 4 unspecified atom stereocenters. The van der Waals surface area contributed by atoms with Crippen LogP contribution in [0.4, 0.5) is 0 Å². The Bertz CT molecular complexity index is 786. The quantitative estimate of drug-likeness (QED) is 0.145. The lowest BCUT2D eigenvalue weighted by Crippen LogP contribution is -2.37. The number of rotatable bonds is 20. The van der Waals surface area contributed by atoms with Crippen LogP contribution < -0.4 is 5.32 Å². The molecule has 0 aromatic rings. The average Bonchev–Trinajstić information content (AvgIpc) is 3.54. The molecule has 1 aliphatic heterocycles. The summed E-state index contributed by atoms with van der Waals surface area (Å²) in [5.41, 5.74) is 1.32. The Hall–Kier alpha value is -1.85. The first-order valence-corrected chi connectivity index (χ1v) is 13.7. The lowest BCUT2D eigenvalue weighted by molar-refractivity contribution is -0.141. The van der Waals surface area contributed by atoms with E-state index in [-0.39, 0.29) is 54.4 Å². The predicted octanol–water partition coefficient (Wildman–Crippen LogP) is 1.43. The van der Waals surface area contributed by atoms with E-state index in [4.69, 9.17) is 23.7 Å². The van der Waals surface area contributed by atoms with Gasteiger partial charge in [0.25, 0.3) is 0 Å². The fraction of sp³-hybridized carbons (Fsp3) is 0.815. The number of hydrogen-bond acceptors (Lipinski definition) is 8. The number of nitrogens with one attached hydrogen (secondary N) is 1. The maximum atomic E-state index is 13.0. The topological polar surface area (TPSA) is 113 Å². The van der Waals surface area contributed by atoms with Crippen molar-refractivity contribution in [2.75, 3.05) is 79.2 Å². The minimum absolute atomic E-state index is 0.0962. The van der Waals surface area contributed by atoms with Crippen LogP contribution in [0.15, 0.2) is 11.6 Å². The number of hydrogen-bond donors (Lipinski definition) is 1. The fourth-order valence-electron chi connectivity index (χ4n) is 5.55. The number of amides is 3. The Morgan fingerprint density at radius 3 is 2.00 bits per heavy atom. The van der Waals surface area contributed by atoms with E-state index in [2.05, 4.69) is 25.2 Å². The molecule has 2 fully saturated rings. The summed E-state index contributed by atoms with van der Waals surface area (Å²) in [4.78, 5) is 39.4. The maximum absolute atomic E-state index is 13.0. The predicted molar refractivity (Wildman–Crippen MR) is 136 cm³/mol. The van der Waals surface area contributed by atoms with Crippen LogP contribution in [0, 0.1) is 29.6 Å². The Balaban J connectivity index is 1.15. The second kappa shape index (κ2) is 15.5. The van der Waals surface area contributed by atoms with E-state index in [1.165, 1.54) is 10.5 Å². The minimum Gasteiger partial charge on any atom is -0.379 e. The Morgan fingerprint density at radius 2 is 1.43 bits per heavy atom. The standard InChI is InChI=1S/C27H44N2O8/c1-4-33-9-10-35-13-14-37-16-15-36-12-11-34-8-6-28-23(30)5-7-29-26(31)24-20-17-21(19(2)3)22(18-20)25(24)27(29)32/h17,19-20,22,24-25H,4-16,18H2,1-3H3,(H,28,30). The van der Waals surface area contributed by atoms with Crippen molar-refractivity contribution >= 4 is 17.7 Å². The zero-order chi connectivity index (χ0) is 26.6. The van der Waals surface area contributed by atoms with Gasteiger partial charge >= 0.3 is 0 Å². The van der Waals surface area contributed by atoms with Crippen LogP contribution in [0.1, 0.15) is 33.6 Å². The summed E-state index contributed by atoms with van der Waals surface area (Å²) in [7, 11) is 0. The highest BCUT2D eigenvalue weighted by molar-refractivity contribution is 6.06. The molecule has 3 aliphatic rings. The monoisotopic (exact) mass is 524 g/mol. The van der Waals surface area contributed by atoms with E-state index in [1.807, 2.05) is 6.92 Å². The lowest BCUT2D eigenvalue weighted by atomic mass is 9.78. The summed E-state index contributed by atoms with van der Waals surface area (Å²) in [5, 5.41) is 2.78. The molecule has 0 aromatic carbocycles. The molecule has 0 spiro atoms. The van der Waals surface area contributed by atoms with Crippen molar-refractivity contribution in [3.8, 4) is 0 Å². The van der Waals surface area contributed by atoms with Gasteiger partial charge in [-0.1, -0.05) is 25.5 Å². The largest absolute Gasteiger partial charge is 0.379 e. The molecule has 10 heteroatoms. The van der Waals surface area contributed by atoms with Crippen molar-refractivity contribution < 1.29 is 38.1 Å². The SMILES string of the molecule is CCOCCOCCOCCOCCOCCNC(=O)CCN1C(=O)C2C3C=C(C(C)C)C(C3)C2C1=O. The van der Waals surface area contributed by atoms with E-state index in [0.717, 1.165) is 6.42 Å². The van der Waals surface area contributed by atoms with Crippen LogP contribution >= 0.6 is 0 Å². The van der Waals surface area contributed by atoms with Gasteiger partial charge in [-0.2, -0.15) is 0 Å². The molecule has 3 rings (SSSR count). The van der Waals surface area contributed by atoms with Crippen molar-refractivity contribution in [1.29, 1.82) is 0 Å². The van der Waals surface area contributed by atoms with E-state index >= 15 is 0 Å². The van der Waals surface area contributed by atoms with Gasteiger partial charge in [0.2, 0.25) is 17.7 Å². The Morgan fingerprint density at radius 1 is 0.892 bits per heavy atom. The number of fused-ring (bicyclic) bond motifs is 5. The highest BCUT2D eigenvalue weighted by Gasteiger charge is 2.61. The molecule has 2 aliphatic carbocycles. The molecular weight excluding hydrogens is 480 g/mol. The van der Waals surface area contributed by atoms with Gasteiger partial charge in [0.1, 0.15) is 0 Å². The molecule has 1 saturated heterocycles. The second-order valence-electron chi connectivity index (χ2n) is 9.95. The molecule has 10 nitrogen and oxygen atoms in total. The summed E-state index contributed by atoms with van der Waals surface area (Å²) in [5.74, 6) is -0.0875. The van der Waals surface area contributed by atoms with Crippen LogP contribution in [0.2, 0.25) is 0 Å². The van der Waals surface area contributed by atoms with Crippen molar-refractivity contribution in [2.45, 2.75) is 33.6 Å². The summed E-state index contributed by atoms with van der Waals surface area (Å²) < 4.78 is 26.8. The van der Waals surface area contributed by atoms with E-state index in [1.54, 1.807) is 0 Å². The van der Waals surface area contributed by atoms with Crippen LogP contribution in [-0.2, 0) is 38.1 Å². The molecule has 0 aromatic heterocycles. The lowest BCUT2D eigenvalue weighted by Gasteiger charge is -2.24. The van der Waals surface area contributed by atoms with E-state index in [9.17, 15) is 14.4 Å². The smallest absolute Gasteiger partial charge is 0.233 e. The van der Waals surface area contributed by atoms with E-state index in [0.29, 0.717) is 78.5 Å². The molecule has 1 N–H and O–H groups in total. The van der Waals surface area contributed by atoms with Crippen molar-refractivity contribution in [3.05, 3.63) is 11.6 Å². The summed E-state index contributed by atoms with van der Waals surface area (Å²) in [6.07, 6.45) is 3.25. The Kier molecular flexibility index (Phi) is 12.5. The third-order valence-corrected chi connectivity index (χ3v) is 7.23. The van der Waals surface area contributed by atoms with Crippen molar-refractivity contribution in [1.82, 2.24) is 10.2 Å². The van der Waals surface area contributed by atoms with Crippen molar-refractivity contribution in [3.63, 3.8) is 0 Å². The number of likely N-dealkylation sites (tertiary alicyclic amines) is 1. The first-order chi connectivity index (χ1) is 18.0. The third-order valence-electron chi connectivity index (χ3n) is 7.23. The van der Waals surface area contributed by atoms with Crippen LogP contribution in [-0.4, -0.2) is 102 Å². The number of ether oxygens (including phenoxy) is 5. The zero-order valence-electron chi connectivity index (χ0n) is 22.6. The molecule has 2 bridgehead atoms. The van der Waals surface area contributed by atoms with Gasteiger partial charge in [-0.3, -0.25) is 19.3 Å². The van der Waals surface area contributed by atoms with Gasteiger partial charge in [-0.25, -0.2) is 0 Å². The zero-order valence-corrected chi connectivity index (χ0v) is 22.6. The van der Waals surface area contributed by atoms with Gasteiger partial charge in [0.05, 0.1) is 71.3 Å². The average molecular weight is 525 g/mol. The fourth-order valence-corrected chi connectivity index (χ4v) is 5.55. The van der Waals surface area contributed by atoms with Gasteiger partial charge < -0.3 is 29.0 Å². The minimum atomic E-state index is -0.227. The van der Waals surface area contributed by atoms with Gasteiger partial charge in [0.15, 0.2) is 0 Å². The summed E-state index contributed by atoms with van der Waals surface area (Å²) >= 11 is 0. The number of allylic oxidation sites excluding steroid dienone is 2. The van der Waals surface area contributed by atoms with Gasteiger partial charge in [0, 0.05) is 26.1 Å². The molecular formula is C27H44N2O8. The highest BCUT2D eigenvalue weighted by atomic mass is 16.6. The van der Waals surface area contributed by atoms with Gasteiger partial charge in [-0.05, 0) is 31.1 Å². The molecule has 1 saturated carbocycles. The number of nitrogens with zero attached hydrogens (tertiary/aromatic N) is 1. The summed E-state index contributed by atoms with van der Waals surface area (Å²) in [6.45, 7) is 11.9. The second-order valence-corrected chi connectivity index (χ2v) is 9.95. The molecule has 210 valence electrons. The number of carbonyl (C=O) groups excluding carboxylic acids is 3. The number of imide groups is 1. The van der Waals surface area contributed by atoms with E-state index < -0.39 is 0 Å². The van der Waals surface area contributed by atoms with Crippen LogP contribution in [0.3, 0.4) is 0 Å². The van der Waals surface area contributed by atoms with Crippen LogP contribution in [0.5, 0.6) is 0 Å².